The van der Waals surface area contributed by atoms with E-state index in [4.69, 9.17) is 9.84 Å². The van der Waals surface area contributed by atoms with Gasteiger partial charge in [0.1, 0.15) is 11.6 Å². The molecule has 0 saturated carbocycles. The molecule has 2 N–H and O–H groups in total. The molecule has 7 nitrogen and oxygen atoms in total. The summed E-state index contributed by atoms with van der Waals surface area (Å²) in [6.07, 6.45) is 3.02. The number of aromatic carboxylic acids is 1. The molecule has 0 atom stereocenters. The van der Waals surface area contributed by atoms with Gasteiger partial charge in [0.05, 0.1) is 22.5 Å². The second-order valence-corrected chi connectivity index (χ2v) is 10.3. The Hall–Kier alpha value is -2.81. The van der Waals surface area contributed by atoms with Crippen LogP contribution in [0.3, 0.4) is 0 Å². The van der Waals surface area contributed by atoms with Gasteiger partial charge in [0.15, 0.2) is 0 Å². The average Bonchev–Trinajstić information content (AvgIpc) is 3.03. The molecule has 1 aromatic carbocycles. The second kappa shape index (κ2) is 9.09. The largest absolute Gasteiger partial charge is 0.478 e. The molecule has 0 unspecified atom stereocenters. The summed E-state index contributed by atoms with van der Waals surface area (Å²) in [5.41, 5.74) is 1.05. The molecule has 1 fully saturated rings. The summed E-state index contributed by atoms with van der Waals surface area (Å²) >= 11 is 0. The van der Waals surface area contributed by atoms with E-state index in [0.29, 0.717) is 56.5 Å². The zero-order valence-electron chi connectivity index (χ0n) is 19.8. The number of carboxylic acids is 1. The van der Waals surface area contributed by atoms with E-state index in [0.717, 1.165) is 24.6 Å². The number of hydrogen-bond acceptors (Lipinski definition) is 4. The molecule has 34 heavy (non-hydrogen) atoms. The van der Waals surface area contributed by atoms with Crippen molar-refractivity contribution in [2.75, 3.05) is 19.8 Å². The Kier molecular flexibility index (Phi) is 6.50. The van der Waals surface area contributed by atoms with Crippen LogP contribution in [0, 0.1) is 22.5 Å². The second-order valence-electron chi connectivity index (χ2n) is 10.3. The zero-order valence-corrected chi connectivity index (χ0v) is 19.8. The fraction of sp³-hybridized carbons (Fsp3) is 0.560. The standard InChI is InChI=1S/C25H31F2N3O4/c1-4-19-21-20(12-25(13-28-22(21)31)5-7-34-8-6-25)30(29-19)14-24(2,3)11-17-16(23(32)33)9-15(26)10-18(17)27/h9-10H,4-8,11-14H2,1-3H3,(H,28,31)(H,32,33). The van der Waals surface area contributed by atoms with Crippen molar-refractivity contribution in [2.45, 2.75) is 59.4 Å². The number of fused-ring (bicyclic) bond motifs is 1. The van der Waals surface area contributed by atoms with E-state index in [9.17, 15) is 23.5 Å². The van der Waals surface area contributed by atoms with Crippen LogP contribution in [0.4, 0.5) is 8.78 Å². The Morgan fingerprint density at radius 1 is 1.29 bits per heavy atom. The first kappa shape index (κ1) is 24.3. The van der Waals surface area contributed by atoms with Gasteiger partial charge < -0.3 is 15.2 Å². The summed E-state index contributed by atoms with van der Waals surface area (Å²) in [6.45, 7) is 7.96. The lowest BCUT2D eigenvalue weighted by Gasteiger charge is -2.36. The molecular formula is C25H31F2N3O4. The summed E-state index contributed by atoms with van der Waals surface area (Å²) < 4.78 is 35.7. The molecule has 0 bridgehead atoms. The third kappa shape index (κ3) is 4.71. The van der Waals surface area contributed by atoms with Gasteiger partial charge in [-0.1, -0.05) is 20.8 Å². The number of hydrogen-bond donors (Lipinski definition) is 2. The molecule has 1 aromatic heterocycles. The molecule has 0 aliphatic carbocycles. The Labute approximate surface area is 197 Å². The SMILES string of the molecule is CCc1nn(CC(C)(C)Cc2c(F)cc(F)cc2C(=O)O)c2c1C(=O)NCC1(CCOCC1)C2. The van der Waals surface area contributed by atoms with Gasteiger partial charge in [0.2, 0.25) is 0 Å². The van der Waals surface area contributed by atoms with Gasteiger partial charge in [0.25, 0.3) is 5.91 Å². The van der Waals surface area contributed by atoms with Crippen LogP contribution < -0.4 is 5.32 Å². The number of carbonyl (C=O) groups is 2. The van der Waals surface area contributed by atoms with Crippen molar-refractivity contribution in [3.05, 3.63) is 51.8 Å². The minimum Gasteiger partial charge on any atom is -0.478 e. The van der Waals surface area contributed by atoms with Gasteiger partial charge >= 0.3 is 5.97 Å². The number of nitrogens with zero attached hydrogens (tertiary/aromatic N) is 2. The molecular weight excluding hydrogens is 444 g/mol. The van der Waals surface area contributed by atoms with Crippen LogP contribution in [0.25, 0.3) is 0 Å². The topological polar surface area (TPSA) is 93.5 Å². The summed E-state index contributed by atoms with van der Waals surface area (Å²) in [7, 11) is 0. The van der Waals surface area contributed by atoms with Gasteiger partial charge in [-0.05, 0) is 49.0 Å². The van der Waals surface area contributed by atoms with Crippen LogP contribution in [-0.2, 0) is 30.5 Å². The lowest BCUT2D eigenvalue weighted by atomic mass is 9.76. The van der Waals surface area contributed by atoms with Crippen molar-refractivity contribution >= 4 is 11.9 Å². The quantitative estimate of drug-likeness (QED) is 0.663. The van der Waals surface area contributed by atoms with Crippen molar-refractivity contribution in [2.24, 2.45) is 10.8 Å². The summed E-state index contributed by atoms with van der Waals surface area (Å²) in [6, 6.07) is 1.57. The highest BCUT2D eigenvalue weighted by atomic mass is 19.1. The van der Waals surface area contributed by atoms with Gasteiger partial charge in [-0.25, -0.2) is 13.6 Å². The first-order valence-corrected chi connectivity index (χ1v) is 11.7. The smallest absolute Gasteiger partial charge is 0.336 e. The maximum absolute atomic E-state index is 14.6. The molecule has 0 radical (unpaired) electrons. The van der Waals surface area contributed by atoms with E-state index >= 15 is 0 Å². The number of amides is 1. The fourth-order valence-electron chi connectivity index (χ4n) is 5.22. The van der Waals surface area contributed by atoms with E-state index in [1.165, 1.54) is 0 Å². The number of aromatic nitrogens is 2. The highest BCUT2D eigenvalue weighted by Gasteiger charge is 2.40. The van der Waals surface area contributed by atoms with Crippen molar-refractivity contribution in [3.63, 3.8) is 0 Å². The number of ether oxygens (including phenoxy) is 1. The van der Waals surface area contributed by atoms with Crippen molar-refractivity contribution < 1.29 is 28.2 Å². The molecule has 2 aliphatic heterocycles. The zero-order chi connectivity index (χ0) is 24.7. The van der Waals surface area contributed by atoms with Crippen LogP contribution in [0.15, 0.2) is 12.1 Å². The Bertz CT molecular complexity index is 1120. The Morgan fingerprint density at radius 3 is 2.65 bits per heavy atom. The monoisotopic (exact) mass is 475 g/mol. The lowest BCUT2D eigenvalue weighted by molar-refractivity contribution is 0.0150. The number of rotatable bonds is 6. The van der Waals surface area contributed by atoms with Gasteiger partial charge in [0, 0.05) is 37.9 Å². The van der Waals surface area contributed by atoms with E-state index in [-0.39, 0.29) is 28.9 Å². The maximum Gasteiger partial charge on any atom is 0.336 e. The predicted octanol–water partition coefficient (Wildman–Crippen LogP) is 3.77. The number of carbonyl (C=O) groups excluding carboxylic acids is 1. The van der Waals surface area contributed by atoms with Crippen molar-refractivity contribution in [1.29, 1.82) is 0 Å². The van der Waals surface area contributed by atoms with E-state index in [2.05, 4.69) is 5.32 Å². The molecule has 1 saturated heterocycles. The molecule has 184 valence electrons. The first-order valence-electron chi connectivity index (χ1n) is 11.7. The van der Waals surface area contributed by atoms with Crippen molar-refractivity contribution in [1.82, 2.24) is 15.1 Å². The van der Waals surface area contributed by atoms with Crippen LogP contribution >= 0.6 is 0 Å². The number of benzene rings is 1. The molecule has 3 heterocycles. The van der Waals surface area contributed by atoms with Crippen LogP contribution in [-0.4, -0.2) is 46.5 Å². The summed E-state index contributed by atoms with van der Waals surface area (Å²) in [5.74, 6) is -3.30. The molecule has 1 amide bonds. The van der Waals surface area contributed by atoms with Gasteiger partial charge in [-0.3, -0.25) is 9.48 Å². The fourth-order valence-corrected chi connectivity index (χ4v) is 5.22. The van der Waals surface area contributed by atoms with Crippen LogP contribution in [0.5, 0.6) is 0 Å². The molecule has 2 aliphatic rings. The molecule has 1 spiro atoms. The van der Waals surface area contributed by atoms with Gasteiger partial charge in [-0.15, -0.1) is 0 Å². The molecule has 2 aromatic rings. The highest BCUT2D eigenvalue weighted by Crippen LogP contribution is 2.38. The summed E-state index contributed by atoms with van der Waals surface area (Å²) in [4.78, 5) is 24.7. The minimum absolute atomic E-state index is 0.0356. The van der Waals surface area contributed by atoms with E-state index < -0.39 is 23.0 Å². The lowest BCUT2D eigenvalue weighted by Crippen LogP contribution is -2.41. The minimum atomic E-state index is -1.37. The number of carboxylic acid groups (broad SMARTS) is 1. The third-order valence-corrected chi connectivity index (χ3v) is 7.04. The Morgan fingerprint density at radius 2 is 2.00 bits per heavy atom. The maximum atomic E-state index is 14.6. The normalized spacial score (nSPS) is 17.9. The predicted molar refractivity (Wildman–Crippen MR) is 121 cm³/mol. The van der Waals surface area contributed by atoms with Gasteiger partial charge in [-0.2, -0.15) is 5.10 Å². The number of aryl methyl sites for hydroxylation is 1. The van der Waals surface area contributed by atoms with E-state index in [1.807, 2.05) is 25.5 Å². The van der Waals surface area contributed by atoms with Crippen molar-refractivity contribution in [3.8, 4) is 0 Å². The highest BCUT2D eigenvalue weighted by molar-refractivity contribution is 5.97. The first-order chi connectivity index (χ1) is 16.0. The molecule has 9 heteroatoms. The third-order valence-electron chi connectivity index (χ3n) is 7.04. The summed E-state index contributed by atoms with van der Waals surface area (Å²) in [5, 5.41) is 17.3. The Balaban J connectivity index is 1.70. The number of halogens is 2. The van der Waals surface area contributed by atoms with E-state index in [1.54, 1.807) is 0 Å². The molecule has 4 rings (SSSR count). The van der Waals surface area contributed by atoms with Crippen LogP contribution in [0.1, 0.15) is 71.3 Å². The average molecular weight is 476 g/mol. The van der Waals surface area contributed by atoms with Crippen LogP contribution in [0.2, 0.25) is 0 Å². The number of nitrogens with one attached hydrogen (secondary N) is 1.